The van der Waals surface area contributed by atoms with Crippen LogP contribution in [0.2, 0.25) is 0 Å². The molecule has 2 nitrogen and oxygen atoms in total. The standard InChI is InChI=1S/C52H33NO/c1-2-11-34(12-3-1)35-23-27-41(28-24-35)53(49-20-10-19-46-48-31-38-14-4-5-15-39(38)33-50(48)54-52(46)49)42-29-25-37(26-30-42)47-32-40-22-21-36-13-6-7-16-43(36)51(40)45-18-9-8-17-44(45)47/h1-33H. The molecule has 0 saturated carbocycles. The Morgan fingerprint density at radius 2 is 0.907 bits per heavy atom. The number of rotatable bonds is 5. The Kier molecular flexibility index (Phi) is 6.90. The molecular weight excluding hydrogens is 655 g/mol. The molecule has 0 spiro atoms. The molecule has 1 heterocycles. The van der Waals surface area contributed by atoms with Gasteiger partial charge >= 0.3 is 0 Å². The van der Waals surface area contributed by atoms with Gasteiger partial charge in [-0.1, -0.05) is 152 Å². The minimum absolute atomic E-state index is 0.867. The smallest absolute Gasteiger partial charge is 0.159 e. The Bertz CT molecular complexity index is 3190. The maximum absolute atomic E-state index is 6.78. The van der Waals surface area contributed by atoms with E-state index in [1.807, 2.05) is 0 Å². The molecule has 1 aromatic heterocycles. The number of nitrogens with zero attached hydrogens (tertiary/aromatic N) is 1. The van der Waals surface area contributed by atoms with E-state index in [-0.39, 0.29) is 0 Å². The molecule has 0 unspecified atom stereocenters. The van der Waals surface area contributed by atoms with Gasteiger partial charge in [0.05, 0.1) is 5.69 Å². The molecule has 0 atom stereocenters. The highest BCUT2D eigenvalue weighted by atomic mass is 16.3. The normalized spacial score (nSPS) is 11.7. The summed E-state index contributed by atoms with van der Waals surface area (Å²) in [6, 6.07) is 72.2. The third kappa shape index (κ3) is 4.88. The molecule has 0 aliphatic heterocycles. The van der Waals surface area contributed by atoms with Crippen molar-refractivity contribution in [1.82, 2.24) is 0 Å². The first-order valence-corrected chi connectivity index (χ1v) is 18.5. The lowest BCUT2D eigenvalue weighted by Crippen LogP contribution is -2.10. The van der Waals surface area contributed by atoms with Crippen LogP contribution in [0.4, 0.5) is 17.1 Å². The summed E-state index contributed by atoms with van der Waals surface area (Å²) < 4.78 is 6.78. The topological polar surface area (TPSA) is 16.4 Å². The summed E-state index contributed by atoms with van der Waals surface area (Å²) in [6.07, 6.45) is 0. The highest BCUT2D eigenvalue weighted by molar-refractivity contribution is 6.23. The van der Waals surface area contributed by atoms with E-state index in [0.29, 0.717) is 0 Å². The van der Waals surface area contributed by atoms with E-state index in [4.69, 9.17) is 4.42 Å². The third-order valence-electron chi connectivity index (χ3n) is 11.0. The Balaban J connectivity index is 1.08. The second-order valence-corrected chi connectivity index (χ2v) is 14.1. The fourth-order valence-electron chi connectivity index (χ4n) is 8.41. The van der Waals surface area contributed by atoms with Gasteiger partial charge in [-0.25, -0.2) is 0 Å². The van der Waals surface area contributed by atoms with Crippen LogP contribution in [0.5, 0.6) is 0 Å². The molecule has 252 valence electrons. The van der Waals surface area contributed by atoms with Crippen LogP contribution in [-0.4, -0.2) is 0 Å². The summed E-state index contributed by atoms with van der Waals surface area (Å²) in [5.74, 6) is 0. The quantitative estimate of drug-likeness (QED) is 0.168. The van der Waals surface area contributed by atoms with E-state index in [1.165, 1.54) is 65.3 Å². The Hall–Kier alpha value is -7.16. The minimum Gasteiger partial charge on any atom is -0.454 e. The second-order valence-electron chi connectivity index (χ2n) is 14.1. The lowest BCUT2D eigenvalue weighted by Gasteiger charge is -2.26. The Morgan fingerprint density at radius 1 is 0.333 bits per heavy atom. The number of anilines is 3. The average molecular weight is 688 g/mol. The zero-order chi connectivity index (χ0) is 35.6. The van der Waals surface area contributed by atoms with Crippen LogP contribution in [0.1, 0.15) is 0 Å². The average Bonchev–Trinajstić information content (AvgIpc) is 3.61. The molecule has 2 heteroatoms. The monoisotopic (exact) mass is 687 g/mol. The highest BCUT2D eigenvalue weighted by Crippen LogP contribution is 2.44. The number of para-hydroxylation sites is 1. The lowest BCUT2D eigenvalue weighted by molar-refractivity contribution is 0.669. The number of hydrogen-bond donors (Lipinski definition) is 0. The van der Waals surface area contributed by atoms with E-state index < -0.39 is 0 Å². The molecule has 0 aliphatic carbocycles. The van der Waals surface area contributed by atoms with Gasteiger partial charge < -0.3 is 9.32 Å². The van der Waals surface area contributed by atoms with Gasteiger partial charge in [-0.15, -0.1) is 0 Å². The van der Waals surface area contributed by atoms with E-state index in [0.717, 1.165) is 39.0 Å². The number of benzene rings is 10. The fourth-order valence-corrected chi connectivity index (χ4v) is 8.41. The minimum atomic E-state index is 0.867. The van der Waals surface area contributed by atoms with Crippen molar-refractivity contribution in [1.29, 1.82) is 0 Å². The van der Waals surface area contributed by atoms with Crippen molar-refractivity contribution in [3.8, 4) is 22.3 Å². The summed E-state index contributed by atoms with van der Waals surface area (Å²) in [6.45, 7) is 0. The van der Waals surface area contributed by atoms with E-state index in [1.54, 1.807) is 0 Å². The van der Waals surface area contributed by atoms with Gasteiger partial charge in [-0.3, -0.25) is 0 Å². The Labute approximate surface area is 312 Å². The SMILES string of the molecule is c1ccc(-c2ccc(N(c3ccc(-c4cc5ccc6ccccc6c5c5ccccc45)cc3)c3cccc4c3oc3cc5ccccc5cc34)cc2)cc1. The zero-order valence-corrected chi connectivity index (χ0v) is 29.4. The van der Waals surface area contributed by atoms with Crippen molar-refractivity contribution in [2.24, 2.45) is 0 Å². The first kappa shape index (κ1) is 30.5. The van der Waals surface area contributed by atoms with Gasteiger partial charge in [0.25, 0.3) is 0 Å². The van der Waals surface area contributed by atoms with Crippen molar-refractivity contribution in [2.45, 2.75) is 0 Å². The molecule has 0 saturated heterocycles. The van der Waals surface area contributed by atoms with Crippen LogP contribution in [0.25, 0.3) is 87.3 Å². The first-order chi connectivity index (χ1) is 26.8. The molecule has 10 aromatic carbocycles. The molecule has 11 aromatic rings. The van der Waals surface area contributed by atoms with Gasteiger partial charge in [-0.05, 0) is 114 Å². The summed E-state index contributed by atoms with van der Waals surface area (Å²) in [5.41, 5.74) is 9.65. The van der Waals surface area contributed by atoms with Crippen molar-refractivity contribution >= 4 is 82.1 Å². The first-order valence-electron chi connectivity index (χ1n) is 18.5. The fraction of sp³-hybridized carbons (Fsp3) is 0. The van der Waals surface area contributed by atoms with Gasteiger partial charge in [0.1, 0.15) is 5.58 Å². The molecule has 0 fully saturated rings. The van der Waals surface area contributed by atoms with Crippen LogP contribution in [0.15, 0.2) is 205 Å². The largest absolute Gasteiger partial charge is 0.454 e. The molecule has 0 bridgehead atoms. The van der Waals surface area contributed by atoms with Crippen LogP contribution in [-0.2, 0) is 0 Å². The molecule has 0 amide bonds. The van der Waals surface area contributed by atoms with E-state index in [9.17, 15) is 0 Å². The zero-order valence-electron chi connectivity index (χ0n) is 29.4. The van der Waals surface area contributed by atoms with Crippen LogP contribution < -0.4 is 4.90 Å². The number of hydrogen-bond acceptors (Lipinski definition) is 2. The third-order valence-corrected chi connectivity index (χ3v) is 11.0. The molecule has 54 heavy (non-hydrogen) atoms. The van der Waals surface area contributed by atoms with Gasteiger partial charge in [-0.2, -0.15) is 0 Å². The van der Waals surface area contributed by atoms with E-state index >= 15 is 0 Å². The van der Waals surface area contributed by atoms with Crippen molar-refractivity contribution in [2.75, 3.05) is 4.90 Å². The van der Waals surface area contributed by atoms with Gasteiger partial charge in [0.15, 0.2) is 5.58 Å². The maximum Gasteiger partial charge on any atom is 0.159 e. The van der Waals surface area contributed by atoms with Gasteiger partial charge in [0.2, 0.25) is 0 Å². The van der Waals surface area contributed by atoms with Crippen LogP contribution in [0, 0.1) is 0 Å². The summed E-state index contributed by atoms with van der Waals surface area (Å²) in [4.78, 5) is 2.33. The summed E-state index contributed by atoms with van der Waals surface area (Å²) in [5, 5.41) is 12.2. The molecule has 0 radical (unpaired) electrons. The Morgan fingerprint density at radius 3 is 1.67 bits per heavy atom. The predicted octanol–water partition coefficient (Wildman–Crippen LogP) is 15.0. The highest BCUT2D eigenvalue weighted by Gasteiger charge is 2.20. The number of fused-ring (bicyclic) bond motifs is 9. The van der Waals surface area contributed by atoms with Crippen molar-refractivity contribution in [3.05, 3.63) is 200 Å². The van der Waals surface area contributed by atoms with Crippen molar-refractivity contribution in [3.63, 3.8) is 0 Å². The van der Waals surface area contributed by atoms with Crippen LogP contribution >= 0.6 is 0 Å². The van der Waals surface area contributed by atoms with Crippen molar-refractivity contribution < 1.29 is 4.42 Å². The lowest BCUT2D eigenvalue weighted by atomic mass is 9.90. The maximum atomic E-state index is 6.78. The van der Waals surface area contributed by atoms with Gasteiger partial charge in [0, 0.05) is 22.1 Å². The predicted molar refractivity (Wildman–Crippen MR) is 229 cm³/mol. The summed E-state index contributed by atoms with van der Waals surface area (Å²) >= 11 is 0. The van der Waals surface area contributed by atoms with E-state index in [2.05, 4.69) is 205 Å². The number of furan rings is 1. The molecule has 11 rings (SSSR count). The summed E-state index contributed by atoms with van der Waals surface area (Å²) in [7, 11) is 0. The molecular formula is C52H33NO. The second kappa shape index (κ2) is 12.2. The van der Waals surface area contributed by atoms with Crippen LogP contribution in [0.3, 0.4) is 0 Å². The molecule has 0 N–H and O–H groups in total. The molecule has 0 aliphatic rings.